The topological polar surface area (TPSA) is 54.9 Å². The number of guanidine groups is 1. The summed E-state index contributed by atoms with van der Waals surface area (Å²) in [5.74, 6) is 0.828. The highest BCUT2D eigenvalue weighted by molar-refractivity contribution is 7.10. The number of nitrogens with one attached hydrogen (secondary N) is 2. The molecule has 1 aromatic rings. The van der Waals surface area contributed by atoms with E-state index in [1.165, 1.54) is 10.4 Å². The van der Waals surface area contributed by atoms with Crippen LogP contribution in [-0.4, -0.2) is 46.5 Å². The predicted molar refractivity (Wildman–Crippen MR) is 84.6 cm³/mol. The van der Waals surface area contributed by atoms with Gasteiger partial charge in [0.2, 0.25) is 0 Å². The van der Waals surface area contributed by atoms with Crippen molar-refractivity contribution in [1.29, 1.82) is 0 Å². The maximum atomic E-state index is 5.40. The van der Waals surface area contributed by atoms with Crippen molar-refractivity contribution in [2.45, 2.75) is 19.9 Å². The number of nitrogens with zero attached hydrogens (tertiary/aromatic N) is 1. The summed E-state index contributed by atoms with van der Waals surface area (Å²) in [6.07, 6.45) is 0.947. The first kappa shape index (κ1) is 16.9. The largest absolute Gasteiger partial charge is 0.382 e. The molecule has 0 saturated carbocycles. The number of aryl methyl sites for hydroxylation is 1. The minimum atomic E-state index is 0.650. The zero-order valence-corrected chi connectivity index (χ0v) is 13.4. The SMILES string of the molecule is CN=C(NCCCOCCOC)NCc1sccc1C. The smallest absolute Gasteiger partial charge is 0.191 e. The summed E-state index contributed by atoms with van der Waals surface area (Å²) >= 11 is 1.76. The molecule has 20 heavy (non-hydrogen) atoms. The van der Waals surface area contributed by atoms with Gasteiger partial charge in [-0.25, -0.2) is 0 Å². The fraction of sp³-hybridized carbons (Fsp3) is 0.643. The second-order valence-electron chi connectivity index (χ2n) is 4.34. The van der Waals surface area contributed by atoms with E-state index >= 15 is 0 Å². The monoisotopic (exact) mass is 299 g/mol. The van der Waals surface area contributed by atoms with Crippen molar-refractivity contribution in [2.24, 2.45) is 4.99 Å². The van der Waals surface area contributed by atoms with Crippen LogP contribution in [0.25, 0.3) is 0 Å². The Kier molecular flexibility index (Phi) is 9.02. The molecule has 0 saturated heterocycles. The number of thiophene rings is 1. The van der Waals surface area contributed by atoms with Crippen molar-refractivity contribution >= 4 is 17.3 Å². The van der Waals surface area contributed by atoms with E-state index in [9.17, 15) is 0 Å². The third-order valence-electron chi connectivity index (χ3n) is 2.80. The van der Waals surface area contributed by atoms with Gasteiger partial charge in [0, 0.05) is 32.2 Å². The first-order valence-electron chi connectivity index (χ1n) is 6.82. The Morgan fingerprint density at radius 1 is 1.30 bits per heavy atom. The van der Waals surface area contributed by atoms with E-state index in [0.717, 1.165) is 32.1 Å². The van der Waals surface area contributed by atoms with E-state index in [-0.39, 0.29) is 0 Å². The molecular formula is C14H25N3O2S. The number of ether oxygens (including phenoxy) is 2. The summed E-state index contributed by atoms with van der Waals surface area (Å²) in [6.45, 7) is 5.82. The van der Waals surface area contributed by atoms with Gasteiger partial charge in [0.25, 0.3) is 0 Å². The molecule has 1 aromatic heterocycles. The van der Waals surface area contributed by atoms with Crippen LogP contribution in [0.4, 0.5) is 0 Å². The first-order chi connectivity index (χ1) is 9.77. The molecule has 114 valence electrons. The molecule has 6 heteroatoms. The summed E-state index contributed by atoms with van der Waals surface area (Å²) < 4.78 is 10.3. The average Bonchev–Trinajstić information content (AvgIpc) is 2.86. The summed E-state index contributed by atoms with van der Waals surface area (Å²) in [5.41, 5.74) is 1.32. The number of aliphatic imine (C=N–C) groups is 1. The van der Waals surface area contributed by atoms with Crippen molar-refractivity contribution in [1.82, 2.24) is 10.6 Å². The maximum Gasteiger partial charge on any atom is 0.191 e. The highest BCUT2D eigenvalue weighted by atomic mass is 32.1. The van der Waals surface area contributed by atoms with E-state index in [1.807, 2.05) is 0 Å². The third-order valence-corrected chi connectivity index (χ3v) is 3.82. The van der Waals surface area contributed by atoms with Gasteiger partial charge in [-0.05, 0) is 30.4 Å². The number of hydrogen-bond acceptors (Lipinski definition) is 4. The molecule has 0 spiro atoms. The molecule has 0 bridgehead atoms. The van der Waals surface area contributed by atoms with E-state index < -0.39 is 0 Å². The maximum absolute atomic E-state index is 5.40. The van der Waals surface area contributed by atoms with Gasteiger partial charge in [0.1, 0.15) is 0 Å². The molecule has 0 amide bonds. The lowest BCUT2D eigenvalue weighted by atomic mass is 10.3. The fourth-order valence-electron chi connectivity index (χ4n) is 1.60. The molecule has 1 rings (SSSR count). The Morgan fingerprint density at radius 3 is 2.80 bits per heavy atom. The minimum Gasteiger partial charge on any atom is -0.382 e. The van der Waals surface area contributed by atoms with E-state index in [4.69, 9.17) is 9.47 Å². The second-order valence-corrected chi connectivity index (χ2v) is 5.34. The molecule has 0 unspecified atom stereocenters. The van der Waals surface area contributed by atoms with Crippen molar-refractivity contribution in [3.05, 3.63) is 21.9 Å². The van der Waals surface area contributed by atoms with E-state index in [0.29, 0.717) is 13.2 Å². The van der Waals surface area contributed by atoms with Crippen LogP contribution in [0.5, 0.6) is 0 Å². The van der Waals surface area contributed by atoms with Crippen LogP contribution in [0.3, 0.4) is 0 Å². The fourth-order valence-corrected chi connectivity index (χ4v) is 2.44. The van der Waals surface area contributed by atoms with Gasteiger partial charge in [0.05, 0.1) is 19.8 Å². The quantitative estimate of drug-likeness (QED) is 0.414. The molecule has 0 fully saturated rings. The van der Waals surface area contributed by atoms with Crippen LogP contribution >= 0.6 is 11.3 Å². The predicted octanol–water partition coefficient (Wildman–Crippen LogP) is 1.77. The Morgan fingerprint density at radius 2 is 2.15 bits per heavy atom. The second kappa shape index (κ2) is 10.7. The van der Waals surface area contributed by atoms with Crippen LogP contribution in [0.1, 0.15) is 16.9 Å². The summed E-state index contributed by atoms with van der Waals surface area (Å²) in [5, 5.41) is 8.70. The highest BCUT2D eigenvalue weighted by Gasteiger charge is 2.01. The highest BCUT2D eigenvalue weighted by Crippen LogP contribution is 2.14. The van der Waals surface area contributed by atoms with E-state index in [1.54, 1.807) is 25.5 Å². The number of hydrogen-bond donors (Lipinski definition) is 2. The lowest BCUT2D eigenvalue weighted by Crippen LogP contribution is -2.37. The van der Waals surface area contributed by atoms with Crippen molar-refractivity contribution in [2.75, 3.05) is 40.5 Å². The van der Waals surface area contributed by atoms with Crippen LogP contribution in [0, 0.1) is 6.92 Å². The molecule has 0 radical (unpaired) electrons. The average molecular weight is 299 g/mol. The first-order valence-corrected chi connectivity index (χ1v) is 7.70. The van der Waals surface area contributed by atoms with Crippen LogP contribution in [0.2, 0.25) is 0 Å². The van der Waals surface area contributed by atoms with Crippen molar-refractivity contribution < 1.29 is 9.47 Å². The lowest BCUT2D eigenvalue weighted by Gasteiger charge is -2.11. The van der Waals surface area contributed by atoms with Crippen molar-refractivity contribution in [3.8, 4) is 0 Å². The Labute approximate surface area is 125 Å². The Bertz CT molecular complexity index is 394. The Hall–Kier alpha value is -1.11. The van der Waals surface area contributed by atoms with Gasteiger partial charge >= 0.3 is 0 Å². The summed E-state index contributed by atoms with van der Waals surface area (Å²) in [6, 6.07) is 2.13. The lowest BCUT2D eigenvalue weighted by molar-refractivity contribution is 0.0698. The normalized spacial score (nSPS) is 11.7. The zero-order chi connectivity index (χ0) is 14.6. The third kappa shape index (κ3) is 6.88. The van der Waals surface area contributed by atoms with Gasteiger partial charge in [-0.2, -0.15) is 0 Å². The van der Waals surface area contributed by atoms with Gasteiger partial charge in [-0.15, -0.1) is 11.3 Å². The standard InChI is InChI=1S/C14H25N3O2S/c1-12-5-10-20-13(12)11-17-14(15-2)16-6-4-7-19-9-8-18-3/h5,10H,4,6-9,11H2,1-3H3,(H2,15,16,17). The van der Waals surface area contributed by atoms with Crippen LogP contribution in [0.15, 0.2) is 16.4 Å². The molecule has 1 heterocycles. The zero-order valence-electron chi connectivity index (χ0n) is 12.6. The molecule has 2 N–H and O–H groups in total. The summed E-state index contributed by atoms with van der Waals surface area (Å²) in [4.78, 5) is 5.55. The van der Waals surface area contributed by atoms with Gasteiger partial charge in [-0.3, -0.25) is 4.99 Å². The van der Waals surface area contributed by atoms with Gasteiger partial charge in [0.15, 0.2) is 5.96 Å². The number of rotatable bonds is 9. The molecular weight excluding hydrogens is 274 g/mol. The Balaban J connectivity index is 2.10. The van der Waals surface area contributed by atoms with Gasteiger partial charge in [-0.1, -0.05) is 0 Å². The molecule has 5 nitrogen and oxygen atoms in total. The van der Waals surface area contributed by atoms with Crippen molar-refractivity contribution in [3.63, 3.8) is 0 Å². The summed E-state index contributed by atoms with van der Waals surface area (Å²) in [7, 11) is 3.46. The van der Waals surface area contributed by atoms with Crippen LogP contribution < -0.4 is 10.6 Å². The minimum absolute atomic E-state index is 0.650. The van der Waals surface area contributed by atoms with E-state index in [2.05, 4.69) is 34.0 Å². The molecule has 0 atom stereocenters. The number of methoxy groups -OCH3 is 1. The molecule has 0 aliphatic heterocycles. The molecule has 0 aliphatic rings. The molecule has 0 aliphatic carbocycles. The molecule has 0 aromatic carbocycles. The van der Waals surface area contributed by atoms with Crippen LogP contribution in [-0.2, 0) is 16.0 Å². The van der Waals surface area contributed by atoms with Gasteiger partial charge < -0.3 is 20.1 Å².